The Morgan fingerprint density at radius 1 is 0.219 bits per heavy atom. The predicted molar refractivity (Wildman–Crippen MR) is 500 cm³/mol. The maximum Gasteiger partial charge on any atom is 0.335 e. The van der Waals surface area contributed by atoms with Gasteiger partial charge in [0.05, 0.1) is 0 Å². The summed E-state index contributed by atoms with van der Waals surface area (Å²) in [5, 5.41) is 0. The molecule has 0 N–H and O–H groups in total. The van der Waals surface area contributed by atoms with Gasteiger partial charge in [-0.15, -0.1) is 34.0 Å². The van der Waals surface area contributed by atoms with Crippen molar-refractivity contribution in [2.24, 2.45) is 0 Å². The van der Waals surface area contributed by atoms with Gasteiger partial charge in [-0.25, -0.2) is 28.8 Å². The third kappa shape index (κ3) is 41.0. The molecule has 3 heterocycles. The third-order valence-electron chi connectivity index (χ3n) is 13.4. The number of rotatable bonds is 27. The quantitative estimate of drug-likeness (QED) is 0.0205. The largest absolute Gasteiger partial charge is 0.457 e. The Morgan fingerprint density at radius 3 is 0.509 bits per heavy atom. The molecule has 0 saturated heterocycles. The highest BCUT2D eigenvalue weighted by Gasteiger charge is 2.14. The molecule has 0 aliphatic heterocycles. The fraction of sp³-hybridized carbons (Fsp3) is 0.312. The molecule has 6 aromatic carbocycles. The summed E-state index contributed by atoms with van der Waals surface area (Å²) in [4.78, 5) is 75.4. The average Bonchev–Trinajstić information content (AvgIpc) is 1.70. The number of carbonyl (C=O) groups excluding carboxylic acids is 6. The van der Waals surface area contributed by atoms with Gasteiger partial charge in [0.1, 0.15) is 37.1 Å². The first-order chi connectivity index (χ1) is 46.0. The molecule has 0 saturated carbocycles. The van der Waals surface area contributed by atoms with Crippen molar-refractivity contribution in [3.8, 4) is 79.9 Å². The maximum absolute atomic E-state index is 11.5. The molecule has 9 rings (SSSR count). The Hall–Kier alpha value is -10.9. The normalized spacial score (nSPS) is 8.68. The zero-order chi connectivity index (χ0) is 69.3. The number of esters is 6. The monoisotopic (exact) mass is 1630 g/mol. The molecule has 0 atom stereocenters. The minimum Gasteiger partial charge on any atom is -0.457 e. The summed E-state index contributed by atoms with van der Waals surface area (Å²) < 4.78 is 46.6. The molecule has 0 spiro atoms. The van der Waals surface area contributed by atoms with Crippen molar-refractivity contribution in [1.82, 2.24) is 0 Å². The Kier molecular flexibility index (Phi) is 73.4. The highest BCUT2D eigenvalue weighted by Crippen LogP contribution is 2.38. The second-order valence-electron chi connectivity index (χ2n) is 21.6. The summed E-state index contributed by atoms with van der Waals surface area (Å²) >= 11 is 5.04. The van der Waals surface area contributed by atoms with E-state index in [1.54, 1.807) is 75.6 Å². The van der Waals surface area contributed by atoms with Crippen LogP contribution in [0.3, 0.4) is 0 Å². The Balaban J connectivity index is -0.000000127. The zero-order valence-corrected chi connectivity index (χ0v) is 56.6. The Bertz CT molecular complexity index is 4070. The lowest BCUT2D eigenvalue weighted by Crippen LogP contribution is -2.10. The van der Waals surface area contributed by atoms with E-state index >= 15 is 0 Å². The summed E-state index contributed by atoms with van der Waals surface area (Å²) in [6, 6.07) is 59.1. The van der Waals surface area contributed by atoms with Gasteiger partial charge in [0.25, 0.3) is 0 Å². The second kappa shape index (κ2) is 64.6. The van der Waals surface area contributed by atoms with Gasteiger partial charge in [-0.1, -0.05) is 246 Å². The number of hydrogen-bond acceptors (Lipinski definition) is 18. The first-order valence-electron chi connectivity index (χ1n) is 29.7. The van der Waals surface area contributed by atoms with Gasteiger partial charge in [-0.05, 0) is 201 Å². The van der Waals surface area contributed by atoms with E-state index in [2.05, 4.69) is 75.9 Å². The van der Waals surface area contributed by atoms with Crippen LogP contribution in [0.15, 0.2) is 255 Å². The molecule has 0 unspecified atom stereocenters. The third-order valence-corrected chi connectivity index (χ3v) is 16.9. The first kappa shape index (κ1) is 129. The first-order valence-corrected chi connectivity index (χ1v) is 32.2. The van der Waals surface area contributed by atoms with Crippen LogP contribution < -0.4 is 14.2 Å². The molecule has 0 aliphatic carbocycles. The van der Waals surface area contributed by atoms with E-state index in [9.17, 15) is 28.8 Å². The lowest BCUT2D eigenvalue weighted by molar-refractivity contribution is -0.146. The fourth-order valence-electron chi connectivity index (χ4n) is 8.03. The van der Waals surface area contributed by atoms with Gasteiger partial charge in [-0.3, -0.25) is 0 Å². The summed E-state index contributed by atoms with van der Waals surface area (Å²) in [5.74, 6) is -0.770. The van der Waals surface area contributed by atoms with Gasteiger partial charge in [-0.2, -0.15) is 0 Å². The molecule has 0 radical (unpaired) electrons. The van der Waals surface area contributed by atoms with Crippen LogP contribution in [0.4, 0.5) is 0 Å². The molecule has 9 aromatic rings. The second-order valence-corrected chi connectivity index (χ2v) is 24.9. The number of thiophene rings is 3. The van der Waals surface area contributed by atoms with E-state index in [0.29, 0.717) is 50.7 Å². The molecule has 0 aliphatic rings. The van der Waals surface area contributed by atoms with Crippen molar-refractivity contribution < 1.29 is 71.4 Å². The van der Waals surface area contributed by atoms with Gasteiger partial charge < -0.3 is 42.6 Å². The van der Waals surface area contributed by atoms with Crippen molar-refractivity contribution in [2.45, 2.75) is 195 Å². The fourth-order valence-corrected chi connectivity index (χ4v) is 11.1. The Labute approximate surface area is 703 Å². The van der Waals surface area contributed by atoms with Crippen LogP contribution in [0.5, 0.6) is 17.2 Å². The molecule has 0 fully saturated rings. The SMILES string of the molecule is C.C.C.C.C.C.C.C.C.C.C.C.C.C.C.C.C.C.C=C(C)C(=O)OCOc1ccc(-c2ccc(-c3ccc(COC(=O)C(=C)C)cc3)s2)cc1.C=C(C)C(=O)OCOc1ccc(-c2ccc(-c3ccc(OCOC(=O)C(=C)C)cc3)s2)cc1.C=C(C)C(=O)OCc1ccc(-c2ccc(-c3ccc(COC(=O)C(=C)C)cc3)s2)cc1. The number of hydrogen-bond donors (Lipinski definition) is 0. The summed E-state index contributed by atoms with van der Waals surface area (Å²) in [6.45, 7) is 31.2. The van der Waals surface area contributed by atoms with E-state index in [0.717, 1.165) is 79.3 Å². The van der Waals surface area contributed by atoms with Crippen molar-refractivity contribution >= 4 is 69.8 Å². The van der Waals surface area contributed by atoms with Crippen molar-refractivity contribution in [1.29, 1.82) is 0 Å². The van der Waals surface area contributed by atoms with E-state index in [4.69, 9.17) is 42.6 Å². The highest BCUT2D eigenvalue weighted by atomic mass is 32.1. The molecule has 18 heteroatoms. The molecule has 0 bridgehead atoms. The maximum atomic E-state index is 11.5. The van der Waals surface area contributed by atoms with E-state index in [1.165, 1.54) is 0 Å². The van der Waals surface area contributed by atoms with Crippen LogP contribution in [0, 0.1) is 0 Å². The van der Waals surface area contributed by atoms with E-state index < -0.39 is 17.9 Å². The molecule has 15 nitrogen and oxygen atoms in total. The highest BCUT2D eigenvalue weighted by molar-refractivity contribution is 7.19. The molecular weight excluding hydrogens is 1490 g/mol. The van der Waals surface area contributed by atoms with Crippen LogP contribution >= 0.6 is 34.0 Å². The topological polar surface area (TPSA) is 185 Å². The van der Waals surface area contributed by atoms with Crippen molar-refractivity contribution in [3.63, 3.8) is 0 Å². The smallest absolute Gasteiger partial charge is 0.335 e. The minimum absolute atomic E-state index is 0. The van der Waals surface area contributed by atoms with Crippen molar-refractivity contribution in [2.75, 3.05) is 20.4 Å². The number of ether oxygens (including phenoxy) is 9. The van der Waals surface area contributed by atoms with E-state index in [1.807, 2.05) is 146 Å². The van der Waals surface area contributed by atoms with E-state index in [-0.39, 0.29) is 192 Å². The van der Waals surface area contributed by atoms with Gasteiger partial charge >= 0.3 is 35.8 Å². The zero-order valence-electron chi connectivity index (χ0n) is 54.2. The summed E-state index contributed by atoms with van der Waals surface area (Å²) in [5.41, 5.74) is 11.4. The van der Waals surface area contributed by atoms with Crippen LogP contribution in [-0.2, 0) is 77.0 Å². The molecule has 0 amide bonds. The molecule has 114 heavy (non-hydrogen) atoms. The number of benzene rings is 6. The average molecular weight is 1630 g/mol. The summed E-state index contributed by atoms with van der Waals surface area (Å²) in [6.07, 6.45) is 0. The van der Waals surface area contributed by atoms with Crippen LogP contribution in [-0.4, -0.2) is 56.2 Å². The van der Waals surface area contributed by atoms with Crippen LogP contribution in [0.1, 0.15) is 192 Å². The van der Waals surface area contributed by atoms with Crippen LogP contribution in [0.25, 0.3) is 62.6 Å². The van der Waals surface area contributed by atoms with Gasteiger partial charge in [0.15, 0.2) is 0 Å². The standard InChI is InChI=1S/C26H24O6S.C26H24O5S.C26H24O4S.18CH4/c1-17(2)25(27)31-15-29-21-9-5-19(6-10-21)23-13-14-24(33-23)20-7-11-22(12-8-20)30-16-32-26(28)18(3)4;1-17(2)25(27)29-15-19-5-7-20(8-6-19)23-13-14-24(32-23)21-9-11-22(12-10-21)30-16-31-26(28)18(3)4;1-17(2)25(27)29-15-19-5-9-21(10-6-19)23-13-14-24(31-23)22-11-7-20(8-12-22)16-30-26(28)18(3)4;;;;;;;;;;;;;;;;;;/h5-14H,1,3,15-16H2,2,4H3;5-14H,1,3,15-16H2,2,4H3;5-14H,1,3,15-16H2,2,4H3;18*1H4. The number of carbonyl (C=O) groups is 6. The molecular formula is C96H144O15S3. The van der Waals surface area contributed by atoms with Crippen LogP contribution in [0.2, 0.25) is 0 Å². The van der Waals surface area contributed by atoms with Gasteiger partial charge in [0.2, 0.25) is 20.4 Å². The van der Waals surface area contributed by atoms with Gasteiger partial charge in [0, 0.05) is 62.7 Å². The van der Waals surface area contributed by atoms with Crippen molar-refractivity contribution in [3.05, 3.63) is 272 Å². The minimum atomic E-state index is -0.483. The summed E-state index contributed by atoms with van der Waals surface area (Å²) in [7, 11) is 0. The Morgan fingerprint density at radius 2 is 0.360 bits per heavy atom. The predicted octanol–water partition coefficient (Wildman–Crippen LogP) is 29.9. The molecule has 636 valence electrons. The molecule has 3 aromatic heterocycles. The lowest BCUT2D eigenvalue weighted by Gasteiger charge is -2.08. The lowest BCUT2D eigenvalue weighted by atomic mass is 10.1.